The number of fused-ring (bicyclic) bond motifs is 1. The summed E-state index contributed by atoms with van der Waals surface area (Å²) in [7, 11) is 4.83. The zero-order valence-electron chi connectivity index (χ0n) is 8.83. The van der Waals surface area contributed by atoms with Gasteiger partial charge >= 0.3 is 5.69 Å². The lowest BCUT2D eigenvalue weighted by molar-refractivity contribution is 0.355. The molecule has 0 bridgehead atoms. The van der Waals surface area contributed by atoms with Crippen molar-refractivity contribution in [2.24, 2.45) is 7.05 Å². The Hall–Kier alpha value is -1.91. The monoisotopic (exact) mass is 208 g/mol. The molecule has 0 fully saturated rings. The summed E-state index contributed by atoms with van der Waals surface area (Å²) < 4.78 is 11.8. The maximum Gasteiger partial charge on any atom is 0.326 e. The van der Waals surface area contributed by atoms with Crippen molar-refractivity contribution in [1.29, 1.82) is 0 Å². The number of nitrogens with zero attached hydrogens (tertiary/aromatic N) is 1. The van der Waals surface area contributed by atoms with Gasteiger partial charge < -0.3 is 14.5 Å². The van der Waals surface area contributed by atoms with Crippen molar-refractivity contribution in [1.82, 2.24) is 9.55 Å². The van der Waals surface area contributed by atoms with Crippen LogP contribution in [-0.2, 0) is 7.05 Å². The molecule has 15 heavy (non-hydrogen) atoms. The molecule has 0 aliphatic rings. The van der Waals surface area contributed by atoms with Crippen molar-refractivity contribution in [3.63, 3.8) is 0 Å². The van der Waals surface area contributed by atoms with E-state index in [4.69, 9.17) is 9.47 Å². The molecule has 1 aromatic heterocycles. The fourth-order valence-electron chi connectivity index (χ4n) is 1.55. The molecule has 2 aromatic rings. The van der Waals surface area contributed by atoms with Gasteiger partial charge in [0.25, 0.3) is 0 Å². The summed E-state index contributed by atoms with van der Waals surface area (Å²) in [6.07, 6.45) is 0. The molecule has 1 aromatic carbocycles. The third kappa shape index (κ3) is 1.36. The van der Waals surface area contributed by atoms with Crippen LogP contribution in [0.4, 0.5) is 0 Å². The number of hydrogen-bond acceptors (Lipinski definition) is 3. The lowest BCUT2D eigenvalue weighted by atomic mass is 10.2. The summed E-state index contributed by atoms with van der Waals surface area (Å²) in [5.41, 5.74) is 1.37. The van der Waals surface area contributed by atoms with Gasteiger partial charge in [-0.1, -0.05) is 0 Å². The molecule has 0 atom stereocenters. The number of imidazole rings is 1. The van der Waals surface area contributed by atoms with E-state index in [1.165, 1.54) is 4.57 Å². The molecular weight excluding hydrogens is 196 g/mol. The normalized spacial score (nSPS) is 10.6. The number of ether oxygens (including phenoxy) is 2. The van der Waals surface area contributed by atoms with Crippen molar-refractivity contribution in [2.45, 2.75) is 0 Å². The minimum atomic E-state index is -0.152. The molecule has 0 unspecified atom stereocenters. The Kier molecular flexibility index (Phi) is 2.15. The molecule has 0 amide bonds. The fourth-order valence-corrected chi connectivity index (χ4v) is 1.55. The molecule has 0 saturated carbocycles. The van der Waals surface area contributed by atoms with Crippen molar-refractivity contribution in [2.75, 3.05) is 14.2 Å². The second-order valence-corrected chi connectivity index (χ2v) is 3.21. The first-order chi connectivity index (χ1) is 7.17. The van der Waals surface area contributed by atoms with Gasteiger partial charge in [0.1, 0.15) is 0 Å². The van der Waals surface area contributed by atoms with E-state index in [0.29, 0.717) is 11.5 Å². The van der Waals surface area contributed by atoms with E-state index in [1.54, 1.807) is 33.4 Å². The maximum atomic E-state index is 11.4. The number of aromatic nitrogens is 2. The van der Waals surface area contributed by atoms with Crippen LogP contribution in [0, 0.1) is 0 Å². The third-order valence-electron chi connectivity index (χ3n) is 2.41. The smallest absolute Gasteiger partial charge is 0.326 e. The average Bonchev–Trinajstić information content (AvgIpc) is 2.53. The minimum absolute atomic E-state index is 0.152. The Morgan fingerprint density at radius 1 is 1.20 bits per heavy atom. The van der Waals surface area contributed by atoms with E-state index in [9.17, 15) is 4.79 Å². The molecule has 80 valence electrons. The van der Waals surface area contributed by atoms with Gasteiger partial charge in [-0.2, -0.15) is 0 Å². The molecule has 0 saturated heterocycles. The number of hydrogen-bond donors (Lipinski definition) is 1. The van der Waals surface area contributed by atoms with E-state index in [-0.39, 0.29) is 5.69 Å². The number of benzene rings is 1. The summed E-state index contributed by atoms with van der Waals surface area (Å²) in [6, 6.07) is 3.52. The van der Waals surface area contributed by atoms with Gasteiger partial charge in [-0.3, -0.25) is 4.57 Å². The quantitative estimate of drug-likeness (QED) is 0.797. The van der Waals surface area contributed by atoms with E-state index in [0.717, 1.165) is 11.0 Å². The SMILES string of the molecule is COc1cc2[nH]c(=O)n(C)c2cc1OC. The van der Waals surface area contributed by atoms with Crippen LogP contribution in [0.2, 0.25) is 0 Å². The van der Waals surface area contributed by atoms with Crippen LogP contribution in [0.15, 0.2) is 16.9 Å². The molecular formula is C10H12N2O3. The summed E-state index contributed by atoms with van der Waals surface area (Å²) in [5, 5.41) is 0. The van der Waals surface area contributed by atoms with Crippen LogP contribution in [0.25, 0.3) is 11.0 Å². The molecule has 5 heteroatoms. The molecule has 1 N–H and O–H groups in total. The minimum Gasteiger partial charge on any atom is -0.493 e. The Morgan fingerprint density at radius 3 is 2.40 bits per heavy atom. The molecule has 0 radical (unpaired) electrons. The van der Waals surface area contributed by atoms with Crippen LogP contribution in [-0.4, -0.2) is 23.8 Å². The molecule has 5 nitrogen and oxygen atoms in total. The average molecular weight is 208 g/mol. The first kappa shape index (κ1) is 9.64. The molecule has 1 heterocycles. The Balaban J connectivity index is 2.81. The zero-order chi connectivity index (χ0) is 11.0. The fraction of sp³-hybridized carbons (Fsp3) is 0.300. The van der Waals surface area contributed by atoms with Gasteiger partial charge in [-0.15, -0.1) is 0 Å². The highest BCUT2D eigenvalue weighted by atomic mass is 16.5. The van der Waals surface area contributed by atoms with Gasteiger partial charge in [-0.25, -0.2) is 4.79 Å². The lowest BCUT2D eigenvalue weighted by Gasteiger charge is -2.07. The standard InChI is InChI=1S/C10H12N2O3/c1-12-7-5-9(15-3)8(14-2)4-6(7)11-10(12)13/h4-5H,1-3H3,(H,11,13). The van der Waals surface area contributed by atoms with Crippen LogP contribution >= 0.6 is 0 Å². The van der Waals surface area contributed by atoms with Crippen LogP contribution in [0.5, 0.6) is 11.5 Å². The number of nitrogens with one attached hydrogen (secondary N) is 1. The maximum absolute atomic E-state index is 11.4. The number of rotatable bonds is 2. The van der Waals surface area contributed by atoms with E-state index >= 15 is 0 Å². The van der Waals surface area contributed by atoms with Gasteiger partial charge in [0.15, 0.2) is 11.5 Å². The predicted molar refractivity (Wildman–Crippen MR) is 56.6 cm³/mol. The van der Waals surface area contributed by atoms with Crippen LogP contribution in [0.3, 0.4) is 0 Å². The summed E-state index contributed by atoms with van der Waals surface area (Å²) in [6.45, 7) is 0. The highest BCUT2D eigenvalue weighted by Gasteiger charge is 2.09. The Morgan fingerprint density at radius 2 is 1.80 bits per heavy atom. The lowest BCUT2D eigenvalue weighted by Crippen LogP contribution is -2.11. The number of aromatic amines is 1. The van der Waals surface area contributed by atoms with Crippen molar-refractivity contribution >= 4 is 11.0 Å². The first-order valence-corrected chi connectivity index (χ1v) is 4.48. The molecule has 0 aliphatic carbocycles. The van der Waals surface area contributed by atoms with Crippen molar-refractivity contribution in [3.05, 3.63) is 22.6 Å². The van der Waals surface area contributed by atoms with E-state index in [2.05, 4.69) is 4.98 Å². The predicted octanol–water partition coefficient (Wildman–Crippen LogP) is 0.884. The highest BCUT2D eigenvalue weighted by Crippen LogP contribution is 2.30. The topological polar surface area (TPSA) is 56.2 Å². The Labute approximate surface area is 86.2 Å². The van der Waals surface area contributed by atoms with E-state index in [1.807, 2.05) is 0 Å². The van der Waals surface area contributed by atoms with Gasteiger partial charge in [0.2, 0.25) is 0 Å². The first-order valence-electron chi connectivity index (χ1n) is 4.48. The molecule has 2 rings (SSSR count). The molecule has 0 aliphatic heterocycles. The summed E-state index contributed by atoms with van der Waals surface area (Å²) in [4.78, 5) is 14.1. The highest BCUT2D eigenvalue weighted by molar-refractivity contribution is 5.79. The third-order valence-corrected chi connectivity index (χ3v) is 2.41. The van der Waals surface area contributed by atoms with Crippen molar-refractivity contribution in [3.8, 4) is 11.5 Å². The second kappa shape index (κ2) is 3.34. The van der Waals surface area contributed by atoms with Gasteiger partial charge in [0.05, 0.1) is 25.3 Å². The summed E-state index contributed by atoms with van der Waals surface area (Å²) >= 11 is 0. The zero-order valence-corrected chi connectivity index (χ0v) is 8.83. The number of aryl methyl sites for hydroxylation is 1. The van der Waals surface area contributed by atoms with Gasteiger partial charge in [0, 0.05) is 19.2 Å². The second-order valence-electron chi connectivity index (χ2n) is 3.21. The largest absolute Gasteiger partial charge is 0.493 e. The summed E-state index contributed by atoms with van der Waals surface area (Å²) in [5.74, 6) is 1.21. The number of H-pyrrole nitrogens is 1. The van der Waals surface area contributed by atoms with Crippen LogP contribution < -0.4 is 15.2 Å². The van der Waals surface area contributed by atoms with Crippen molar-refractivity contribution < 1.29 is 9.47 Å². The van der Waals surface area contributed by atoms with Crippen LogP contribution in [0.1, 0.15) is 0 Å². The molecule has 0 spiro atoms. The number of methoxy groups -OCH3 is 2. The Bertz CT molecular complexity index is 554. The van der Waals surface area contributed by atoms with E-state index < -0.39 is 0 Å². The van der Waals surface area contributed by atoms with Gasteiger partial charge in [-0.05, 0) is 0 Å².